The van der Waals surface area contributed by atoms with Crippen molar-refractivity contribution in [1.29, 1.82) is 0 Å². The van der Waals surface area contributed by atoms with E-state index in [4.69, 9.17) is 0 Å². The maximum Gasteiger partial charge on any atom is 0.271 e. The van der Waals surface area contributed by atoms with Gasteiger partial charge in [0, 0.05) is 61.6 Å². The monoisotopic (exact) mass is 416 g/mol. The van der Waals surface area contributed by atoms with E-state index in [2.05, 4.69) is 8.61 Å². The van der Waals surface area contributed by atoms with Gasteiger partial charge in [-0.3, -0.25) is 9.59 Å². The van der Waals surface area contributed by atoms with Gasteiger partial charge in [0.15, 0.2) is 0 Å². The molecule has 0 aromatic rings. The number of nitrogens with zero attached hydrogens (tertiary/aromatic N) is 2. The molecule has 0 radical (unpaired) electrons. The van der Waals surface area contributed by atoms with Crippen LogP contribution in [0.3, 0.4) is 0 Å². The van der Waals surface area contributed by atoms with Crippen LogP contribution < -0.4 is 0 Å². The van der Waals surface area contributed by atoms with E-state index in [9.17, 15) is 9.59 Å². The highest BCUT2D eigenvalue weighted by Gasteiger charge is 2.18. The maximum atomic E-state index is 11.7. The van der Waals surface area contributed by atoms with Crippen molar-refractivity contribution in [1.82, 2.24) is 8.61 Å². The molecule has 4 nitrogen and oxygen atoms in total. The molecular formula is C12H20N2O2S6. The summed E-state index contributed by atoms with van der Waals surface area (Å²) in [5, 5.41) is 0. The van der Waals surface area contributed by atoms with E-state index in [-0.39, 0.29) is 8.89 Å². The van der Waals surface area contributed by atoms with Gasteiger partial charge in [-0.1, -0.05) is 21.6 Å². The largest absolute Gasteiger partial charge is 0.272 e. The Kier molecular flexibility index (Phi) is 10.6. The summed E-state index contributed by atoms with van der Waals surface area (Å²) in [6.07, 6.45) is 4.82. The minimum absolute atomic E-state index is 0.171. The summed E-state index contributed by atoms with van der Waals surface area (Å²) in [5.41, 5.74) is 0. The van der Waals surface area contributed by atoms with Gasteiger partial charge in [0.05, 0.1) is 0 Å². The third-order valence-electron chi connectivity index (χ3n) is 3.04. The van der Waals surface area contributed by atoms with Crippen LogP contribution in [0.4, 0.5) is 9.59 Å². The minimum Gasteiger partial charge on any atom is -0.272 e. The molecule has 0 bridgehead atoms. The average Bonchev–Trinajstić information content (AvgIpc) is 3.16. The molecule has 2 rings (SSSR count). The Labute approximate surface area is 156 Å². The van der Waals surface area contributed by atoms with Crippen molar-refractivity contribution < 1.29 is 9.59 Å². The predicted octanol–water partition coefficient (Wildman–Crippen LogP) is 5.48. The second kappa shape index (κ2) is 11.8. The fourth-order valence-corrected chi connectivity index (χ4v) is 8.85. The van der Waals surface area contributed by atoms with Crippen molar-refractivity contribution in [3.05, 3.63) is 0 Å². The van der Waals surface area contributed by atoms with Crippen molar-refractivity contribution in [3.63, 3.8) is 0 Å². The maximum absolute atomic E-state index is 11.7. The Hall–Kier alpha value is 1.36. The van der Waals surface area contributed by atoms with Gasteiger partial charge in [-0.05, 0) is 47.3 Å². The lowest BCUT2D eigenvalue weighted by Crippen LogP contribution is -2.10. The highest BCUT2D eigenvalue weighted by Crippen LogP contribution is 2.35. The molecule has 2 aliphatic rings. The van der Waals surface area contributed by atoms with Gasteiger partial charge < -0.3 is 0 Å². The second-order valence-corrected chi connectivity index (χ2v) is 12.2. The summed E-state index contributed by atoms with van der Waals surface area (Å²) in [4.78, 5) is 23.4. The Morgan fingerprint density at radius 1 is 0.682 bits per heavy atom. The van der Waals surface area contributed by atoms with E-state index >= 15 is 0 Å². The van der Waals surface area contributed by atoms with Crippen molar-refractivity contribution in [2.45, 2.75) is 25.7 Å². The highest BCUT2D eigenvalue weighted by atomic mass is 33.1. The molecule has 0 N–H and O–H groups in total. The summed E-state index contributed by atoms with van der Waals surface area (Å²) in [5.74, 6) is 1.77. The molecule has 0 aromatic heterocycles. The molecule has 2 saturated heterocycles. The lowest BCUT2D eigenvalue weighted by molar-refractivity contribution is 0.275. The molecule has 2 aliphatic heterocycles. The standard InChI is InChI=1S/C12H20N2O2S6/c15-11(19-13-5-1-2-6-13)21-17-9-10-18-22-12(16)20-14-7-3-4-8-14/h1-10H2. The molecule has 2 fully saturated rings. The summed E-state index contributed by atoms with van der Waals surface area (Å²) in [6.45, 7) is 4.13. The van der Waals surface area contributed by atoms with Crippen LogP contribution in [0.1, 0.15) is 25.7 Å². The molecule has 0 unspecified atom stereocenters. The van der Waals surface area contributed by atoms with Gasteiger partial charge in [0.1, 0.15) is 0 Å². The van der Waals surface area contributed by atoms with Gasteiger partial charge in [0.2, 0.25) is 0 Å². The molecule has 2 heterocycles. The van der Waals surface area contributed by atoms with Crippen LogP contribution >= 0.6 is 67.1 Å². The van der Waals surface area contributed by atoms with E-state index in [1.54, 1.807) is 21.6 Å². The third-order valence-corrected chi connectivity index (χ3v) is 10.3. The molecule has 0 aromatic carbocycles. The van der Waals surface area contributed by atoms with E-state index in [0.29, 0.717) is 0 Å². The first-order valence-electron chi connectivity index (χ1n) is 7.27. The second-order valence-electron chi connectivity index (χ2n) is 4.77. The molecule has 10 heteroatoms. The molecule has 0 amide bonds. The lowest BCUT2D eigenvalue weighted by atomic mass is 10.4. The Morgan fingerprint density at radius 2 is 1.05 bits per heavy atom. The van der Waals surface area contributed by atoms with Crippen LogP contribution in [0.25, 0.3) is 0 Å². The first-order chi connectivity index (χ1) is 10.7. The van der Waals surface area contributed by atoms with Crippen molar-refractivity contribution in [2.24, 2.45) is 0 Å². The summed E-state index contributed by atoms with van der Waals surface area (Å²) in [6, 6.07) is 0. The zero-order valence-electron chi connectivity index (χ0n) is 12.2. The van der Waals surface area contributed by atoms with Crippen LogP contribution in [0.5, 0.6) is 0 Å². The zero-order chi connectivity index (χ0) is 15.6. The molecule has 0 atom stereocenters. The van der Waals surface area contributed by atoms with Crippen LogP contribution in [0, 0.1) is 0 Å². The molecule has 22 heavy (non-hydrogen) atoms. The van der Waals surface area contributed by atoms with Crippen LogP contribution in [-0.2, 0) is 0 Å². The number of hydrogen-bond acceptors (Lipinski definition) is 10. The van der Waals surface area contributed by atoms with Gasteiger partial charge >= 0.3 is 0 Å². The van der Waals surface area contributed by atoms with Gasteiger partial charge in [-0.25, -0.2) is 8.61 Å². The fraction of sp³-hybridized carbons (Fsp3) is 0.833. The van der Waals surface area contributed by atoms with Crippen LogP contribution in [0.2, 0.25) is 0 Å². The topological polar surface area (TPSA) is 40.6 Å². The van der Waals surface area contributed by atoms with Gasteiger partial charge in [-0.2, -0.15) is 0 Å². The Morgan fingerprint density at radius 3 is 1.41 bits per heavy atom. The van der Waals surface area contributed by atoms with E-state index in [1.165, 1.54) is 71.2 Å². The fourth-order valence-electron chi connectivity index (χ4n) is 2.05. The number of hydrogen-bond donors (Lipinski definition) is 0. The molecule has 0 aliphatic carbocycles. The van der Waals surface area contributed by atoms with Crippen LogP contribution in [-0.4, -0.2) is 55.2 Å². The lowest BCUT2D eigenvalue weighted by Gasteiger charge is -2.11. The van der Waals surface area contributed by atoms with Crippen LogP contribution in [0.15, 0.2) is 0 Å². The third kappa shape index (κ3) is 8.46. The summed E-state index contributed by atoms with van der Waals surface area (Å²) in [7, 11) is 5.83. The molecule has 126 valence electrons. The molecule has 0 spiro atoms. The van der Waals surface area contributed by atoms with Gasteiger partial charge in [-0.15, -0.1) is 0 Å². The van der Waals surface area contributed by atoms with E-state index in [0.717, 1.165) is 37.7 Å². The van der Waals surface area contributed by atoms with Crippen molar-refractivity contribution in [3.8, 4) is 0 Å². The van der Waals surface area contributed by atoms with E-state index in [1.807, 2.05) is 0 Å². The first-order valence-corrected chi connectivity index (χ1v) is 13.5. The highest BCUT2D eigenvalue weighted by molar-refractivity contribution is 8.87. The molecule has 0 saturated carbocycles. The number of carbonyl (C=O) groups excluding carboxylic acids is 2. The molecular weight excluding hydrogens is 397 g/mol. The van der Waals surface area contributed by atoms with Gasteiger partial charge in [0.25, 0.3) is 8.89 Å². The summed E-state index contributed by atoms with van der Waals surface area (Å²) < 4.78 is 4.64. The predicted molar refractivity (Wildman–Crippen MR) is 108 cm³/mol. The quantitative estimate of drug-likeness (QED) is 0.303. The number of rotatable bonds is 7. The average molecular weight is 417 g/mol. The first kappa shape index (κ1) is 19.7. The number of carbonyl (C=O) groups is 2. The Balaban J connectivity index is 1.40. The Bertz CT molecular complexity index is 328. The normalized spacial score (nSPS) is 19.8. The zero-order valence-corrected chi connectivity index (χ0v) is 17.1. The van der Waals surface area contributed by atoms with E-state index < -0.39 is 0 Å². The smallest absolute Gasteiger partial charge is 0.271 e. The summed E-state index contributed by atoms with van der Waals surface area (Å²) >= 11 is 2.71. The van der Waals surface area contributed by atoms with Crippen molar-refractivity contribution >= 4 is 76.0 Å². The SMILES string of the molecule is O=C(SSCCSSC(=O)SN1CCCC1)SN1CCCC1. The van der Waals surface area contributed by atoms with Crippen molar-refractivity contribution in [2.75, 3.05) is 37.7 Å². The minimum atomic E-state index is 0.171.